The van der Waals surface area contributed by atoms with Crippen LogP contribution in [0.25, 0.3) is 28.6 Å². The lowest BCUT2D eigenvalue weighted by molar-refractivity contribution is -0.110. The van der Waals surface area contributed by atoms with Crippen molar-refractivity contribution in [1.29, 1.82) is 0 Å². The van der Waals surface area contributed by atoms with E-state index in [1.54, 1.807) is 4.68 Å². The first-order valence-corrected chi connectivity index (χ1v) is 9.40. The van der Waals surface area contributed by atoms with E-state index in [1.807, 2.05) is 79.0 Å². The molecule has 0 spiro atoms. The van der Waals surface area contributed by atoms with Gasteiger partial charge in [0.25, 0.3) is 5.91 Å². The van der Waals surface area contributed by atoms with E-state index in [0.29, 0.717) is 5.57 Å². The quantitative estimate of drug-likeness (QED) is 0.524. The lowest BCUT2D eigenvalue weighted by Gasteiger charge is -2.03. The van der Waals surface area contributed by atoms with Crippen molar-refractivity contribution in [3.63, 3.8) is 0 Å². The number of aromatic nitrogens is 3. The largest absolute Gasteiger partial charge is 0.321 e. The zero-order valence-electron chi connectivity index (χ0n) is 15.8. The maximum absolute atomic E-state index is 12.3. The Hall–Kier alpha value is -3.99. The van der Waals surface area contributed by atoms with Crippen LogP contribution in [0.5, 0.6) is 0 Å². The van der Waals surface area contributed by atoms with E-state index >= 15 is 0 Å². The number of carbonyl (C=O) groups is 1. The first kappa shape index (κ1) is 17.1. The highest BCUT2D eigenvalue weighted by Crippen LogP contribution is 2.32. The SMILES string of the molecule is Cc1ccccc1-n1cc(-c2ccc(C=C3C(=O)Nc4ccccc43)cc2)nn1. The van der Waals surface area contributed by atoms with E-state index in [-0.39, 0.29) is 5.91 Å². The van der Waals surface area contributed by atoms with Gasteiger partial charge in [0.05, 0.1) is 11.9 Å². The standard InChI is InChI=1S/C24H18N4O/c1-16-6-2-5-9-23(16)28-15-22(26-27-28)18-12-10-17(11-13-18)14-20-19-7-3-4-8-21(19)25-24(20)29/h2-15H,1H3,(H,25,29). The third-order valence-corrected chi connectivity index (χ3v) is 5.08. The summed E-state index contributed by atoms with van der Waals surface area (Å²) in [5.74, 6) is -0.0727. The molecule has 2 heterocycles. The van der Waals surface area contributed by atoms with Crippen molar-refractivity contribution in [2.75, 3.05) is 5.32 Å². The molecule has 5 heteroatoms. The van der Waals surface area contributed by atoms with Crippen LogP contribution in [0.4, 0.5) is 5.69 Å². The average molecular weight is 378 g/mol. The number of amides is 1. The molecule has 1 N–H and O–H groups in total. The number of nitrogens with one attached hydrogen (secondary N) is 1. The Balaban J connectivity index is 1.43. The van der Waals surface area contributed by atoms with Gasteiger partial charge in [0.2, 0.25) is 0 Å². The number of rotatable bonds is 3. The van der Waals surface area contributed by atoms with Crippen LogP contribution < -0.4 is 5.32 Å². The number of benzene rings is 3. The van der Waals surface area contributed by atoms with Gasteiger partial charge in [0.1, 0.15) is 5.69 Å². The van der Waals surface area contributed by atoms with Gasteiger partial charge >= 0.3 is 0 Å². The smallest absolute Gasteiger partial charge is 0.256 e. The summed E-state index contributed by atoms with van der Waals surface area (Å²) in [7, 11) is 0. The number of hydrogen-bond donors (Lipinski definition) is 1. The predicted molar refractivity (Wildman–Crippen MR) is 114 cm³/mol. The van der Waals surface area contributed by atoms with Gasteiger partial charge in [0.15, 0.2) is 0 Å². The van der Waals surface area contributed by atoms with Crippen molar-refractivity contribution in [2.45, 2.75) is 6.92 Å². The minimum Gasteiger partial charge on any atom is -0.321 e. The summed E-state index contributed by atoms with van der Waals surface area (Å²) in [4.78, 5) is 12.3. The number of carbonyl (C=O) groups excluding carboxylic acids is 1. The van der Waals surface area contributed by atoms with E-state index < -0.39 is 0 Å². The Morgan fingerprint density at radius 1 is 0.931 bits per heavy atom. The van der Waals surface area contributed by atoms with Gasteiger partial charge in [-0.1, -0.05) is 65.9 Å². The molecular formula is C24H18N4O. The fourth-order valence-electron chi connectivity index (χ4n) is 3.53. The first-order valence-electron chi connectivity index (χ1n) is 9.40. The minimum absolute atomic E-state index is 0.0727. The Morgan fingerprint density at radius 3 is 2.52 bits per heavy atom. The summed E-state index contributed by atoms with van der Waals surface area (Å²) in [5.41, 5.74) is 7.36. The van der Waals surface area contributed by atoms with Crippen LogP contribution in [0, 0.1) is 6.92 Å². The molecule has 0 aliphatic carbocycles. The molecule has 1 aliphatic rings. The molecule has 1 amide bonds. The number of aryl methyl sites for hydroxylation is 1. The lowest BCUT2D eigenvalue weighted by atomic mass is 10.0. The molecule has 0 bridgehead atoms. The average Bonchev–Trinajstić information content (AvgIpc) is 3.34. The van der Waals surface area contributed by atoms with Crippen molar-refractivity contribution in [1.82, 2.24) is 15.0 Å². The van der Waals surface area contributed by atoms with Crippen LogP contribution in [-0.2, 0) is 4.79 Å². The normalized spacial score (nSPS) is 14.1. The maximum atomic E-state index is 12.3. The van der Waals surface area contributed by atoms with Crippen LogP contribution in [0.1, 0.15) is 16.7 Å². The number of hydrogen-bond acceptors (Lipinski definition) is 3. The van der Waals surface area contributed by atoms with Crippen LogP contribution in [0.15, 0.2) is 79.0 Å². The second-order valence-corrected chi connectivity index (χ2v) is 7.01. The highest BCUT2D eigenvalue weighted by Gasteiger charge is 2.23. The second kappa shape index (κ2) is 6.87. The van der Waals surface area contributed by atoms with Crippen molar-refractivity contribution in [2.24, 2.45) is 0 Å². The Kier molecular flexibility index (Phi) is 4.06. The lowest BCUT2D eigenvalue weighted by Crippen LogP contribution is -2.03. The molecule has 140 valence electrons. The molecule has 0 saturated carbocycles. The molecule has 5 rings (SSSR count). The highest BCUT2D eigenvalue weighted by molar-refractivity contribution is 6.34. The van der Waals surface area contributed by atoms with Crippen molar-refractivity contribution < 1.29 is 4.79 Å². The third-order valence-electron chi connectivity index (χ3n) is 5.08. The molecule has 0 fully saturated rings. The van der Waals surface area contributed by atoms with Crippen molar-refractivity contribution >= 4 is 23.2 Å². The first-order chi connectivity index (χ1) is 14.2. The molecular weight excluding hydrogens is 360 g/mol. The highest BCUT2D eigenvalue weighted by atomic mass is 16.2. The summed E-state index contributed by atoms with van der Waals surface area (Å²) in [6.45, 7) is 2.05. The molecule has 0 unspecified atom stereocenters. The van der Waals surface area contributed by atoms with E-state index in [1.165, 1.54) is 0 Å². The van der Waals surface area contributed by atoms with Gasteiger partial charge in [-0.2, -0.15) is 0 Å². The van der Waals surface area contributed by atoms with E-state index in [0.717, 1.165) is 39.3 Å². The summed E-state index contributed by atoms with van der Waals surface area (Å²) < 4.78 is 1.79. The Morgan fingerprint density at radius 2 is 1.69 bits per heavy atom. The molecule has 4 aromatic rings. The topological polar surface area (TPSA) is 59.8 Å². The Labute approximate surface area is 168 Å². The van der Waals surface area contributed by atoms with E-state index in [9.17, 15) is 4.79 Å². The number of para-hydroxylation sites is 2. The minimum atomic E-state index is -0.0727. The number of fused-ring (bicyclic) bond motifs is 1. The van der Waals surface area contributed by atoms with Gasteiger partial charge in [0, 0.05) is 22.4 Å². The monoisotopic (exact) mass is 378 g/mol. The van der Waals surface area contributed by atoms with Gasteiger partial charge in [-0.15, -0.1) is 5.10 Å². The Bertz CT molecular complexity index is 1250. The van der Waals surface area contributed by atoms with Crippen LogP contribution in [-0.4, -0.2) is 20.9 Å². The molecule has 1 aromatic heterocycles. The summed E-state index contributed by atoms with van der Waals surface area (Å²) in [6.07, 6.45) is 3.84. The van der Waals surface area contributed by atoms with E-state index in [2.05, 4.69) is 28.6 Å². The molecule has 29 heavy (non-hydrogen) atoms. The molecule has 0 saturated heterocycles. The fraction of sp³-hybridized carbons (Fsp3) is 0.0417. The predicted octanol–water partition coefficient (Wildman–Crippen LogP) is 4.74. The molecule has 0 radical (unpaired) electrons. The zero-order chi connectivity index (χ0) is 19.8. The number of nitrogens with zero attached hydrogens (tertiary/aromatic N) is 3. The molecule has 0 atom stereocenters. The molecule has 3 aromatic carbocycles. The summed E-state index contributed by atoms with van der Waals surface area (Å²) >= 11 is 0. The van der Waals surface area contributed by atoms with Crippen molar-refractivity contribution in [3.05, 3.63) is 95.7 Å². The van der Waals surface area contributed by atoms with Crippen LogP contribution in [0.2, 0.25) is 0 Å². The second-order valence-electron chi connectivity index (χ2n) is 7.01. The van der Waals surface area contributed by atoms with Gasteiger partial charge in [-0.05, 0) is 36.3 Å². The molecule has 5 nitrogen and oxygen atoms in total. The van der Waals surface area contributed by atoms with Gasteiger partial charge < -0.3 is 5.32 Å². The van der Waals surface area contributed by atoms with Crippen LogP contribution in [0.3, 0.4) is 0 Å². The number of anilines is 1. The third kappa shape index (κ3) is 3.12. The molecule has 1 aliphatic heterocycles. The summed E-state index contributed by atoms with van der Waals surface area (Å²) in [5, 5.41) is 11.5. The van der Waals surface area contributed by atoms with E-state index in [4.69, 9.17) is 0 Å². The van der Waals surface area contributed by atoms with Crippen LogP contribution >= 0.6 is 0 Å². The summed E-state index contributed by atoms with van der Waals surface area (Å²) in [6, 6.07) is 23.8. The van der Waals surface area contributed by atoms with Gasteiger partial charge in [-0.25, -0.2) is 4.68 Å². The fourth-order valence-corrected chi connectivity index (χ4v) is 3.53. The van der Waals surface area contributed by atoms with Crippen molar-refractivity contribution in [3.8, 4) is 16.9 Å². The van der Waals surface area contributed by atoms with Gasteiger partial charge in [-0.3, -0.25) is 4.79 Å². The maximum Gasteiger partial charge on any atom is 0.256 e. The zero-order valence-corrected chi connectivity index (χ0v) is 15.8.